The second kappa shape index (κ2) is 4.01. The molecule has 0 unspecified atom stereocenters. The largest absolute Gasteiger partial charge is 0.454 e. The summed E-state index contributed by atoms with van der Waals surface area (Å²) in [5.74, 6) is 0.219. The average molecular weight is 257 g/mol. The second-order valence-electron chi connectivity index (χ2n) is 3.60. The van der Waals surface area contributed by atoms with Crippen LogP contribution in [0, 0.1) is 0 Å². The lowest BCUT2D eigenvalue weighted by molar-refractivity contribution is 0.0998. The zero-order valence-corrected chi connectivity index (χ0v) is 9.91. The predicted molar refractivity (Wildman–Crippen MR) is 59.1 cm³/mol. The lowest BCUT2D eigenvalue weighted by atomic mass is 10.1. The van der Waals surface area contributed by atoms with Crippen molar-refractivity contribution in [3.63, 3.8) is 0 Å². The molecular formula is C10H11NO5S. The van der Waals surface area contributed by atoms with E-state index >= 15 is 0 Å². The van der Waals surface area contributed by atoms with Crippen LogP contribution in [0.15, 0.2) is 17.0 Å². The standard InChI is InChI=1S/C10H11NO5S/c1-17(13,14)10-3-9-8(15-5-16-9)2-6(10)7(12)4-11/h2-3H,4-5,11H2,1H3. The Labute approximate surface area is 98.2 Å². The van der Waals surface area contributed by atoms with Gasteiger partial charge in [0.25, 0.3) is 0 Å². The summed E-state index contributed by atoms with van der Waals surface area (Å²) < 4.78 is 33.3. The van der Waals surface area contributed by atoms with Crippen LogP contribution >= 0.6 is 0 Å². The molecule has 0 aromatic heterocycles. The topological polar surface area (TPSA) is 95.7 Å². The molecule has 0 bridgehead atoms. The van der Waals surface area contributed by atoms with Crippen molar-refractivity contribution in [1.29, 1.82) is 0 Å². The highest BCUT2D eigenvalue weighted by atomic mass is 32.2. The highest BCUT2D eigenvalue weighted by molar-refractivity contribution is 7.90. The third kappa shape index (κ3) is 2.11. The summed E-state index contributed by atoms with van der Waals surface area (Å²) in [6, 6.07) is 2.65. The van der Waals surface area contributed by atoms with Gasteiger partial charge in [-0.3, -0.25) is 4.79 Å². The number of hydrogen-bond acceptors (Lipinski definition) is 6. The van der Waals surface area contributed by atoms with Crippen LogP contribution in [0.2, 0.25) is 0 Å². The minimum Gasteiger partial charge on any atom is -0.454 e. The Morgan fingerprint density at radius 1 is 1.35 bits per heavy atom. The molecule has 0 saturated heterocycles. The Hall–Kier alpha value is -1.60. The molecule has 1 aromatic rings. The van der Waals surface area contributed by atoms with Gasteiger partial charge in [0.05, 0.1) is 11.4 Å². The van der Waals surface area contributed by atoms with E-state index in [4.69, 9.17) is 15.2 Å². The van der Waals surface area contributed by atoms with Crippen molar-refractivity contribution in [3.8, 4) is 11.5 Å². The summed E-state index contributed by atoms with van der Waals surface area (Å²) in [5, 5.41) is 0. The first kappa shape index (κ1) is 11.9. The minimum absolute atomic E-state index is 0.0127. The molecule has 0 fully saturated rings. The fourth-order valence-corrected chi connectivity index (χ4v) is 2.45. The highest BCUT2D eigenvalue weighted by Crippen LogP contribution is 2.36. The Morgan fingerprint density at radius 2 is 1.94 bits per heavy atom. The summed E-state index contributed by atoms with van der Waals surface area (Å²) in [4.78, 5) is 11.5. The molecule has 0 amide bonds. The quantitative estimate of drug-likeness (QED) is 0.763. The van der Waals surface area contributed by atoms with Crippen LogP contribution in [0.5, 0.6) is 11.5 Å². The Bertz CT molecular complexity index is 579. The molecule has 0 saturated carbocycles. The summed E-state index contributed by atoms with van der Waals surface area (Å²) in [7, 11) is -3.52. The molecule has 0 aliphatic carbocycles. The number of benzene rings is 1. The monoisotopic (exact) mass is 257 g/mol. The van der Waals surface area contributed by atoms with Crippen LogP contribution in [0.3, 0.4) is 0 Å². The van der Waals surface area contributed by atoms with Gasteiger partial charge in [0.2, 0.25) is 6.79 Å². The maximum Gasteiger partial charge on any atom is 0.231 e. The number of ether oxygens (including phenoxy) is 2. The van der Waals surface area contributed by atoms with E-state index in [-0.39, 0.29) is 23.8 Å². The molecule has 0 radical (unpaired) electrons. The van der Waals surface area contributed by atoms with Crippen molar-refractivity contribution in [2.45, 2.75) is 4.90 Å². The van der Waals surface area contributed by atoms with Crippen LogP contribution in [0.25, 0.3) is 0 Å². The Kier molecular flexibility index (Phi) is 2.80. The maximum atomic E-state index is 11.6. The number of sulfone groups is 1. The Balaban J connectivity index is 2.68. The lowest BCUT2D eigenvalue weighted by Crippen LogP contribution is -2.17. The number of rotatable bonds is 3. The molecule has 17 heavy (non-hydrogen) atoms. The molecule has 1 aliphatic heterocycles. The van der Waals surface area contributed by atoms with Gasteiger partial charge < -0.3 is 15.2 Å². The van der Waals surface area contributed by atoms with Gasteiger partial charge in [-0.25, -0.2) is 8.42 Å². The van der Waals surface area contributed by atoms with Gasteiger partial charge in [-0.15, -0.1) is 0 Å². The van der Waals surface area contributed by atoms with Gasteiger partial charge in [0.1, 0.15) is 0 Å². The number of fused-ring (bicyclic) bond motifs is 1. The van der Waals surface area contributed by atoms with Crippen molar-refractivity contribution in [3.05, 3.63) is 17.7 Å². The lowest BCUT2D eigenvalue weighted by Gasteiger charge is -2.07. The normalized spacial score (nSPS) is 13.8. The molecule has 2 N–H and O–H groups in total. The van der Waals surface area contributed by atoms with Crippen molar-refractivity contribution in [1.82, 2.24) is 0 Å². The van der Waals surface area contributed by atoms with Crippen molar-refractivity contribution in [2.24, 2.45) is 5.73 Å². The van der Waals surface area contributed by atoms with E-state index in [2.05, 4.69) is 0 Å². The molecule has 0 spiro atoms. The number of hydrogen-bond donors (Lipinski definition) is 1. The zero-order chi connectivity index (χ0) is 12.6. The summed E-state index contributed by atoms with van der Waals surface area (Å²) in [5.41, 5.74) is 5.29. The summed E-state index contributed by atoms with van der Waals surface area (Å²) in [6.07, 6.45) is 1.03. The molecule has 1 aliphatic rings. The predicted octanol–water partition coefficient (Wildman–Crippen LogP) is -0.0398. The summed E-state index contributed by atoms with van der Waals surface area (Å²) >= 11 is 0. The summed E-state index contributed by atoms with van der Waals surface area (Å²) in [6.45, 7) is -0.249. The van der Waals surface area contributed by atoms with Crippen LogP contribution < -0.4 is 15.2 Å². The number of ketones is 1. The van der Waals surface area contributed by atoms with E-state index in [1.54, 1.807) is 0 Å². The molecular weight excluding hydrogens is 246 g/mol. The third-order valence-electron chi connectivity index (χ3n) is 2.36. The molecule has 1 aromatic carbocycles. The molecule has 92 valence electrons. The van der Waals surface area contributed by atoms with E-state index in [9.17, 15) is 13.2 Å². The number of carbonyl (C=O) groups is 1. The van der Waals surface area contributed by atoms with Gasteiger partial charge >= 0.3 is 0 Å². The molecule has 2 rings (SSSR count). The molecule has 0 atom stereocenters. The van der Waals surface area contributed by atoms with Crippen LogP contribution in [0.1, 0.15) is 10.4 Å². The van der Waals surface area contributed by atoms with E-state index in [1.807, 2.05) is 0 Å². The van der Waals surface area contributed by atoms with E-state index in [1.165, 1.54) is 12.1 Å². The van der Waals surface area contributed by atoms with Gasteiger partial charge in [0, 0.05) is 17.9 Å². The average Bonchev–Trinajstić information content (AvgIpc) is 2.72. The fraction of sp³-hybridized carbons (Fsp3) is 0.300. The van der Waals surface area contributed by atoms with Crippen molar-refractivity contribution >= 4 is 15.6 Å². The second-order valence-corrected chi connectivity index (χ2v) is 5.59. The first-order chi connectivity index (χ1) is 7.93. The van der Waals surface area contributed by atoms with Crippen LogP contribution in [0.4, 0.5) is 0 Å². The number of nitrogens with two attached hydrogens (primary N) is 1. The van der Waals surface area contributed by atoms with Gasteiger partial charge in [-0.1, -0.05) is 0 Å². The van der Waals surface area contributed by atoms with E-state index < -0.39 is 15.6 Å². The van der Waals surface area contributed by atoms with Crippen molar-refractivity contribution < 1.29 is 22.7 Å². The molecule has 6 nitrogen and oxygen atoms in total. The molecule has 7 heteroatoms. The maximum absolute atomic E-state index is 11.6. The number of Topliss-reactive ketones (excluding diaryl/α,β-unsaturated/α-hetero) is 1. The van der Waals surface area contributed by atoms with E-state index in [0.717, 1.165) is 6.26 Å². The van der Waals surface area contributed by atoms with Gasteiger partial charge in [0.15, 0.2) is 27.1 Å². The first-order valence-corrected chi connectivity index (χ1v) is 6.69. The molecule has 1 heterocycles. The SMILES string of the molecule is CS(=O)(=O)c1cc2c(cc1C(=O)CN)OCO2. The smallest absolute Gasteiger partial charge is 0.231 e. The zero-order valence-electron chi connectivity index (χ0n) is 9.10. The highest BCUT2D eigenvalue weighted by Gasteiger charge is 2.24. The van der Waals surface area contributed by atoms with Crippen LogP contribution in [-0.4, -0.2) is 33.8 Å². The minimum atomic E-state index is -3.52. The van der Waals surface area contributed by atoms with Crippen LogP contribution in [-0.2, 0) is 9.84 Å². The number of carbonyl (C=O) groups excluding carboxylic acids is 1. The first-order valence-electron chi connectivity index (χ1n) is 4.80. The fourth-order valence-electron chi connectivity index (χ4n) is 1.56. The van der Waals surface area contributed by atoms with E-state index in [0.29, 0.717) is 11.5 Å². The Morgan fingerprint density at radius 3 is 2.47 bits per heavy atom. The van der Waals surface area contributed by atoms with Gasteiger partial charge in [-0.05, 0) is 6.07 Å². The third-order valence-corrected chi connectivity index (χ3v) is 3.50. The van der Waals surface area contributed by atoms with Gasteiger partial charge in [-0.2, -0.15) is 0 Å². The van der Waals surface area contributed by atoms with Crippen molar-refractivity contribution in [2.75, 3.05) is 19.6 Å².